The van der Waals surface area contributed by atoms with Crippen LogP contribution in [0.2, 0.25) is 0 Å². The molecule has 0 saturated heterocycles. The number of pyridine rings is 1. The highest BCUT2D eigenvalue weighted by Crippen LogP contribution is 2.14. The molecular weight excluding hydrogens is 204 g/mol. The Labute approximate surface area is 96.7 Å². The lowest BCUT2D eigenvalue weighted by Gasteiger charge is -2.18. The fourth-order valence-electron chi connectivity index (χ4n) is 1.60. The van der Waals surface area contributed by atoms with Crippen molar-refractivity contribution in [3.05, 3.63) is 29.6 Å². The Morgan fingerprint density at radius 1 is 1.56 bits per heavy atom. The number of hydrogen-bond acceptors (Lipinski definition) is 4. The number of methoxy groups -OCH3 is 1. The van der Waals surface area contributed by atoms with Gasteiger partial charge in [-0.1, -0.05) is 0 Å². The van der Waals surface area contributed by atoms with Gasteiger partial charge in [-0.3, -0.25) is 4.98 Å². The van der Waals surface area contributed by atoms with E-state index in [1.165, 1.54) is 5.56 Å². The third-order valence-electron chi connectivity index (χ3n) is 2.56. The second-order valence-electron chi connectivity index (χ2n) is 3.97. The Hall–Kier alpha value is -0.970. The summed E-state index contributed by atoms with van der Waals surface area (Å²) in [5, 5.41) is 12.8. The summed E-state index contributed by atoms with van der Waals surface area (Å²) in [6.45, 7) is 4.99. The highest BCUT2D eigenvalue weighted by molar-refractivity contribution is 5.24. The van der Waals surface area contributed by atoms with E-state index >= 15 is 0 Å². The van der Waals surface area contributed by atoms with Crippen molar-refractivity contribution in [3.8, 4) is 0 Å². The molecule has 0 aliphatic heterocycles. The Kier molecular flexibility index (Phi) is 5.38. The molecular formula is C12H20N2O2. The fourth-order valence-corrected chi connectivity index (χ4v) is 1.60. The molecule has 1 aromatic heterocycles. The van der Waals surface area contributed by atoms with E-state index in [2.05, 4.69) is 24.1 Å². The van der Waals surface area contributed by atoms with Gasteiger partial charge < -0.3 is 15.2 Å². The maximum absolute atomic E-state index is 9.51. The maximum Gasteiger partial charge on any atom is 0.0897 e. The van der Waals surface area contributed by atoms with Gasteiger partial charge in [0.15, 0.2) is 0 Å². The summed E-state index contributed by atoms with van der Waals surface area (Å²) in [6.07, 6.45) is 3.17. The van der Waals surface area contributed by atoms with Gasteiger partial charge in [-0.25, -0.2) is 0 Å². The highest BCUT2D eigenvalue weighted by atomic mass is 16.5. The Morgan fingerprint density at radius 2 is 2.31 bits per heavy atom. The van der Waals surface area contributed by atoms with Gasteiger partial charge in [0.05, 0.1) is 12.7 Å². The van der Waals surface area contributed by atoms with Crippen LogP contribution in [-0.4, -0.2) is 36.5 Å². The molecule has 4 nitrogen and oxygen atoms in total. The zero-order valence-corrected chi connectivity index (χ0v) is 10.1. The van der Waals surface area contributed by atoms with Crippen molar-refractivity contribution in [1.82, 2.24) is 10.3 Å². The van der Waals surface area contributed by atoms with Gasteiger partial charge in [-0.2, -0.15) is 0 Å². The molecule has 16 heavy (non-hydrogen) atoms. The number of nitrogens with zero attached hydrogens (tertiary/aromatic N) is 1. The smallest absolute Gasteiger partial charge is 0.0897 e. The normalized spacial score (nSPS) is 14.8. The predicted octanol–water partition coefficient (Wildman–Crippen LogP) is 1.05. The van der Waals surface area contributed by atoms with Crippen LogP contribution in [0, 0.1) is 6.92 Å². The number of nitrogens with one attached hydrogen (secondary N) is 1. The van der Waals surface area contributed by atoms with Crippen LogP contribution in [0.5, 0.6) is 0 Å². The fraction of sp³-hybridized carbons (Fsp3) is 0.583. The zero-order valence-electron chi connectivity index (χ0n) is 10.1. The number of aliphatic hydroxyl groups is 1. The minimum absolute atomic E-state index is 0.181. The lowest BCUT2D eigenvalue weighted by Crippen LogP contribution is -2.32. The van der Waals surface area contributed by atoms with Crippen molar-refractivity contribution in [2.45, 2.75) is 26.0 Å². The van der Waals surface area contributed by atoms with Gasteiger partial charge in [0.2, 0.25) is 0 Å². The molecule has 1 rings (SSSR count). The van der Waals surface area contributed by atoms with Crippen LogP contribution in [0.1, 0.15) is 24.1 Å². The van der Waals surface area contributed by atoms with Gasteiger partial charge in [-0.15, -0.1) is 0 Å². The average Bonchev–Trinajstić information content (AvgIpc) is 2.27. The van der Waals surface area contributed by atoms with Gasteiger partial charge in [0.1, 0.15) is 0 Å². The highest BCUT2D eigenvalue weighted by Gasteiger charge is 2.10. The van der Waals surface area contributed by atoms with Crippen LogP contribution in [0.15, 0.2) is 18.5 Å². The topological polar surface area (TPSA) is 54.4 Å². The molecule has 4 heteroatoms. The predicted molar refractivity (Wildman–Crippen MR) is 63.3 cm³/mol. The molecule has 0 aliphatic carbocycles. The number of aryl methyl sites for hydroxylation is 1. The maximum atomic E-state index is 9.51. The molecule has 0 bridgehead atoms. The van der Waals surface area contributed by atoms with Crippen LogP contribution in [0.3, 0.4) is 0 Å². The van der Waals surface area contributed by atoms with Crippen LogP contribution in [-0.2, 0) is 4.74 Å². The van der Waals surface area contributed by atoms with Crippen LogP contribution in [0.4, 0.5) is 0 Å². The molecule has 1 heterocycles. The van der Waals surface area contributed by atoms with Crippen molar-refractivity contribution in [3.63, 3.8) is 0 Å². The molecule has 0 aromatic carbocycles. The number of aromatic nitrogens is 1. The summed E-state index contributed by atoms with van der Waals surface area (Å²) >= 11 is 0. The van der Waals surface area contributed by atoms with E-state index in [-0.39, 0.29) is 6.04 Å². The standard InChI is InChI=1S/C12H20N2O2/c1-9-4-5-13-7-12(9)10(2)14-6-11(15)8-16-3/h4-5,7,10-11,14-15H,6,8H2,1-3H3. The molecule has 0 spiro atoms. The Morgan fingerprint density at radius 3 is 2.94 bits per heavy atom. The number of aliphatic hydroxyl groups excluding tert-OH is 1. The summed E-state index contributed by atoms with van der Waals surface area (Å²) < 4.78 is 4.86. The quantitative estimate of drug-likeness (QED) is 0.758. The van der Waals surface area contributed by atoms with E-state index in [9.17, 15) is 5.11 Å². The van der Waals surface area contributed by atoms with E-state index in [4.69, 9.17) is 4.74 Å². The summed E-state index contributed by atoms with van der Waals surface area (Å²) in [6, 6.07) is 2.17. The molecule has 0 fully saturated rings. The van der Waals surface area contributed by atoms with Crippen molar-refractivity contribution >= 4 is 0 Å². The van der Waals surface area contributed by atoms with E-state index in [1.807, 2.05) is 12.3 Å². The van der Waals surface area contributed by atoms with Crippen molar-refractivity contribution in [1.29, 1.82) is 0 Å². The van der Waals surface area contributed by atoms with Gasteiger partial charge in [0.25, 0.3) is 0 Å². The summed E-state index contributed by atoms with van der Waals surface area (Å²) in [5.74, 6) is 0. The molecule has 2 atom stereocenters. The van der Waals surface area contributed by atoms with E-state index in [0.717, 1.165) is 5.56 Å². The molecule has 0 aliphatic rings. The molecule has 2 unspecified atom stereocenters. The first-order valence-corrected chi connectivity index (χ1v) is 5.46. The Balaban J connectivity index is 2.46. The summed E-state index contributed by atoms with van der Waals surface area (Å²) in [5.41, 5.74) is 2.36. The van der Waals surface area contributed by atoms with Gasteiger partial charge in [0, 0.05) is 32.1 Å². The first-order valence-electron chi connectivity index (χ1n) is 5.46. The van der Waals surface area contributed by atoms with Crippen LogP contribution >= 0.6 is 0 Å². The zero-order chi connectivity index (χ0) is 12.0. The van der Waals surface area contributed by atoms with Crippen molar-refractivity contribution in [2.24, 2.45) is 0 Å². The SMILES string of the molecule is COCC(O)CNC(C)c1cnccc1C. The molecule has 0 saturated carbocycles. The number of rotatable bonds is 6. The molecule has 1 aromatic rings. The molecule has 0 radical (unpaired) electrons. The van der Waals surface area contributed by atoms with E-state index in [1.54, 1.807) is 13.3 Å². The minimum Gasteiger partial charge on any atom is -0.389 e. The largest absolute Gasteiger partial charge is 0.389 e. The summed E-state index contributed by atoms with van der Waals surface area (Å²) in [7, 11) is 1.58. The molecule has 90 valence electrons. The molecule has 2 N–H and O–H groups in total. The van der Waals surface area contributed by atoms with E-state index in [0.29, 0.717) is 13.2 Å². The van der Waals surface area contributed by atoms with Crippen LogP contribution < -0.4 is 5.32 Å². The van der Waals surface area contributed by atoms with Gasteiger partial charge in [-0.05, 0) is 31.0 Å². The third kappa shape index (κ3) is 3.89. The lowest BCUT2D eigenvalue weighted by molar-refractivity contribution is 0.0630. The Bertz CT molecular complexity index is 318. The van der Waals surface area contributed by atoms with Crippen molar-refractivity contribution in [2.75, 3.05) is 20.3 Å². The summed E-state index contributed by atoms with van der Waals surface area (Å²) in [4.78, 5) is 4.10. The van der Waals surface area contributed by atoms with Gasteiger partial charge >= 0.3 is 0 Å². The number of ether oxygens (including phenoxy) is 1. The first kappa shape index (κ1) is 13.1. The third-order valence-corrected chi connectivity index (χ3v) is 2.56. The second kappa shape index (κ2) is 6.58. The van der Waals surface area contributed by atoms with Crippen molar-refractivity contribution < 1.29 is 9.84 Å². The van der Waals surface area contributed by atoms with E-state index < -0.39 is 6.10 Å². The molecule has 0 amide bonds. The minimum atomic E-state index is -0.468. The lowest BCUT2D eigenvalue weighted by atomic mass is 10.1. The number of hydrogen-bond donors (Lipinski definition) is 2. The first-order chi connectivity index (χ1) is 7.65. The monoisotopic (exact) mass is 224 g/mol. The average molecular weight is 224 g/mol. The van der Waals surface area contributed by atoms with Crippen LogP contribution in [0.25, 0.3) is 0 Å². The second-order valence-corrected chi connectivity index (χ2v) is 3.97.